The van der Waals surface area contributed by atoms with Gasteiger partial charge in [-0.25, -0.2) is 29.9 Å². The Morgan fingerprint density at radius 2 is 1.20 bits per heavy atom. The third kappa shape index (κ3) is 8.38. The lowest BCUT2D eigenvalue weighted by Gasteiger charge is -2.27. The van der Waals surface area contributed by atoms with Crippen LogP contribution in [0.3, 0.4) is 0 Å². The van der Waals surface area contributed by atoms with Gasteiger partial charge in [-0.05, 0) is 67.4 Å². The Bertz CT molecular complexity index is 2290. The molecule has 0 bridgehead atoms. The number of nitrogens with one attached hydrogen (secondary N) is 3. The summed E-state index contributed by atoms with van der Waals surface area (Å²) >= 11 is 8.66. The zero-order valence-electron chi connectivity index (χ0n) is 26.9. The van der Waals surface area contributed by atoms with Crippen LogP contribution in [-0.4, -0.2) is 41.7 Å². The van der Waals surface area contributed by atoms with Gasteiger partial charge in [0.15, 0.2) is 10.3 Å². The number of rotatable bonds is 7. The van der Waals surface area contributed by atoms with E-state index in [0.717, 1.165) is 48.5 Å². The lowest BCUT2D eigenvalue weighted by molar-refractivity contribution is -0.115. The number of hydrogen-bond acceptors (Lipinski definition) is 11. The molecule has 0 aliphatic heterocycles. The summed E-state index contributed by atoms with van der Waals surface area (Å²) in [6.45, 7) is 7.14. The van der Waals surface area contributed by atoms with Crippen LogP contribution in [0, 0.1) is 0 Å². The quantitative estimate of drug-likeness (QED) is 0.139. The number of anilines is 3. The van der Waals surface area contributed by atoms with Crippen molar-refractivity contribution in [3.05, 3.63) is 102 Å². The van der Waals surface area contributed by atoms with Gasteiger partial charge in [0.2, 0.25) is 23.0 Å². The Morgan fingerprint density at radius 1 is 0.673 bits per heavy atom. The number of fused-ring (bicyclic) bond motifs is 2. The smallest absolute Gasteiger partial charge is 0.223 e. The fourth-order valence-corrected chi connectivity index (χ4v) is 6.91. The normalized spacial score (nSPS) is 11.1. The highest BCUT2D eigenvalue weighted by atomic mass is 35.5. The van der Waals surface area contributed by atoms with Crippen molar-refractivity contribution < 1.29 is 9.59 Å². The van der Waals surface area contributed by atoms with Crippen molar-refractivity contribution in [1.29, 1.82) is 0 Å². The Labute approximate surface area is 294 Å². The fourth-order valence-electron chi connectivity index (χ4n) is 4.86. The van der Waals surface area contributed by atoms with Crippen LogP contribution in [0.25, 0.3) is 42.9 Å². The summed E-state index contributed by atoms with van der Waals surface area (Å²) in [5.74, 6) is 0.309. The summed E-state index contributed by atoms with van der Waals surface area (Å²) in [5, 5.41) is 10.2. The molecule has 7 aromatic rings. The fraction of sp³-hybridized carbons (Fsp3) is 0.143. The number of amides is 2. The molecule has 0 saturated heterocycles. The number of halogens is 1. The number of hydrogen-bond donors (Lipinski definition) is 3. The average Bonchev–Trinajstić information content (AvgIpc) is 3.66. The van der Waals surface area contributed by atoms with E-state index in [2.05, 4.69) is 66.9 Å². The molecule has 7 rings (SSSR count). The van der Waals surface area contributed by atoms with Crippen molar-refractivity contribution in [3.8, 4) is 22.5 Å². The molecule has 11 nitrogen and oxygen atoms in total. The SMILES string of the molecule is CC(=O)Nc1nc2ccc(-c3ccnc(Cl)n3)cc2s1.CC(=O)Nc1nc2ccc(-c3ccnc(NC(C)(C)c4ccccc4)n3)cc2s1. The van der Waals surface area contributed by atoms with Crippen LogP contribution >= 0.6 is 34.3 Å². The topological polar surface area (TPSA) is 148 Å². The van der Waals surface area contributed by atoms with Gasteiger partial charge in [0.25, 0.3) is 0 Å². The summed E-state index contributed by atoms with van der Waals surface area (Å²) in [6, 6.07) is 25.6. The molecule has 4 heterocycles. The number of aromatic nitrogens is 6. The van der Waals surface area contributed by atoms with E-state index in [0.29, 0.717) is 16.2 Å². The maximum atomic E-state index is 11.3. The highest BCUT2D eigenvalue weighted by Gasteiger charge is 2.21. The molecule has 246 valence electrons. The monoisotopic (exact) mass is 707 g/mol. The van der Waals surface area contributed by atoms with Gasteiger partial charge in [0.1, 0.15) is 0 Å². The van der Waals surface area contributed by atoms with Crippen LogP contribution in [-0.2, 0) is 15.1 Å². The van der Waals surface area contributed by atoms with Gasteiger partial charge in [-0.1, -0.05) is 65.1 Å². The van der Waals surface area contributed by atoms with Crippen LogP contribution < -0.4 is 16.0 Å². The first-order valence-corrected chi connectivity index (χ1v) is 17.1. The van der Waals surface area contributed by atoms with Crippen LogP contribution in [0.15, 0.2) is 91.3 Å². The van der Waals surface area contributed by atoms with Crippen LogP contribution in [0.5, 0.6) is 0 Å². The van der Waals surface area contributed by atoms with Crippen molar-refractivity contribution in [3.63, 3.8) is 0 Å². The highest BCUT2D eigenvalue weighted by molar-refractivity contribution is 7.22. The molecule has 3 aromatic carbocycles. The molecule has 14 heteroatoms. The molecular weight excluding hydrogens is 678 g/mol. The van der Waals surface area contributed by atoms with E-state index >= 15 is 0 Å². The molecule has 0 saturated carbocycles. The van der Waals surface area contributed by atoms with Crippen molar-refractivity contribution in [2.24, 2.45) is 0 Å². The second-order valence-corrected chi connectivity index (χ2v) is 13.8. The van der Waals surface area contributed by atoms with Gasteiger partial charge in [0, 0.05) is 37.4 Å². The minimum absolute atomic E-state index is 0.128. The molecular formula is C35H30ClN9O2S2. The van der Waals surface area contributed by atoms with Gasteiger partial charge in [-0.3, -0.25) is 9.59 Å². The molecule has 0 aliphatic rings. The van der Waals surface area contributed by atoms with E-state index in [1.807, 2.05) is 60.7 Å². The molecule has 49 heavy (non-hydrogen) atoms. The first-order chi connectivity index (χ1) is 23.5. The number of nitrogens with zero attached hydrogens (tertiary/aromatic N) is 6. The zero-order valence-corrected chi connectivity index (χ0v) is 29.2. The second-order valence-electron chi connectivity index (χ2n) is 11.4. The summed E-state index contributed by atoms with van der Waals surface area (Å²) in [6.07, 6.45) is 3.37. The molecule has 2 amide bonds. The molecule has 0 unspecified atom stereocenters. The lowest BCUT2D eigenvalue weighted by atomic mass is 9.95. The van der Waals surface area contributed by atoms with Gasteiger partial charge >= 0.3 is 0 Å². The summed E-state index contributed by atoms with van der Waals surface area (Å²) in [7, 11) is 0. The maximum Gasteiger partial charge on any atom is 0.223 e. The van der Waals surface area contributed by atoms with Crippen molar-refractivity contribution in [1.82, 2.24) is 29.9 Å². The number of carbonyl (C=O) groups is 2. The van der Waals surface area contributed by atoms with E-state index in [4.69, 9.17) is 16.6 Å². The van der Waals surface area contributed by atoms with Crippen LogP contribution in [0.1, 0.15) is 33.3 Å². The van der Waals surface area contributed by atoms with E-state index in [9.17, 15) is 9.59 Å². The molecule has 3 N–H and O–H groups in total. The lowest BCUT2D eigenvalue weighted by Crippen LogP contribution is -2.28. The molecule has 4 aromatic heterocycles. The predicted octanol–water partition coefficient (Wildman–Crippen LogP) is 8.42. The third-order valence-corrected chi connectivity index (χ3v) is 9.19. The number of thiazole rings is 2. The van der Waals surface area contributed by atoms with Crippen molar-refractivity contribution >= 4 is 82.7 Å². The average molecular weight is 708 g/mol. The Hall–Kier alpha value is -5.37. The first-order valence-electron chi connectivity index (χ1n) is 15.0. The Morgan fingerprint density at radius 3 is 1.73 bits per heavy atom. The van der Waals surface area contributed by atoms with E-state index in [1.165, 1.54) is 36.5 Å². The molecule has 0 aliphatic carbocycles. The summed E-state index contributed by atoms with van der Waals surface area (Å²) in [4.78, 5) is 48.2. The summed E-state index contributed by atoms with van der Waals surface area (Å²) in [5.41, 5.74) is 6.00. The molecule has 0 spiro atoms. The third-order valence-electron chi connectivity index (χ3n) is 7.14. The Balaban J connectivity index is 0.000000182. The van der Waals surface area contributed by atoms with Gasteiger partial charge in [-0.15, -0.1) is 0 Å². The highest BCUT2D eigenvalue weighted by Crippen LogP contribution is 2.32. The van der Waals surface area contributed by atoms with E-state index < -0.39 is 0 Å². The number of benzene rings is 3. The van der Waals surface area contributed by atoms with Crippen LogP contribution in [0.2, 0.25) is 5.28 Å². The van der Waals surface area contributed by atoms with Crippen LogP contribution in [0.4, 0.5) is 16.2 Å². The maximum absolute atomic E-state index is 11.3. The molecule has 0 fully saturated rings. The second kappa shape index (κ2) is 14.4. The predicted molar refractivity (Wildman–Crippen MR) is 198 cm³/mol. The number of carbonyl (C=O) groups excluding carboxylic acids is 2. The van der Waals surface area contributed by atoms with E-state index in [-0.39, 0.29) is 22.6 Å². The van der Waals surface area contributed by atoms with Crippen molar-refractivity contribution in [2.75, 3.05) is 16.0 Å². The standard InChI is InChI=1S/C22H21N5OS.C13H9ClN4OS/c1-14(28)24-21-26-18-10-9-15(13-19(18)29-21)17-11-12-23-20(25-17)27-22(2,3)16-7-5-4-6-8-16;1-7(19)16-13-18-10-3-2-8(6-11(10)20-13)9-4-5-15-12(14)17-9/h4-13H,1-3H3,(H,23,25,27)(H,24,26,28);2-6H,1H3,(H,16,18,19). The van der Waals surface area contributed by atoms with Gasteiger partial charge in [0.05, 0.1) is 37.4 Å². The van der Waals surface area contributed by atoms with Gasteiger partial charge in [-0.2, -0.15) is 0 Å². The summed E-state index contributed by atoms with van der Waals surface area (Å²) < 4.78 is 1.96. The van der Waals surface area contributed by atoms with Crippen molar-refractivity contribution in [2.45, 2.75) is 33.2 Å². The minimum Gasteiger partial charge on any atom is -0.345 e. The van der Waals surface area contributed by atoms with E-state index in [1.54, 1.807) is 18.5 Å². The van der Waals surface area contributed by atoms with Gasteiger partial charge < -0.3 is 16.0 Å². The first kappa shape index (κ1) is 33.5. The molecule has 0 radical (unpaired) electrons. The minimum atomic E-state index is -0.311. The molecule has 0 atom stereocenters. The zero-order chi connectivity index (χ0) is 34.5. The Kier molecular flexibility index (Phi) is 9.85. The largest absolute Gasteiger partial charge is 0.345 e.